The minimum Gasteiger partial charge on any atom is -0.0622 e. The molecule has 1 unspecified atom stereocenters. The standard InChI is InChI=1S/C47H34N3/c1-46(2,3)33-23-25-48-41(28-33)36-26-32(29-12-5-4-6-13-29)27-40-44(36)50(48)45-39(22-21-30-19-20-31-14-11-24-49(50)43(31)42(30)45)47(40)37-17-9-7-15-34(37)35-16-8-10-18-38(35)47/h4-28H,1-3H3/q+3. The Morgan fingerprint density at radius 2 is 1.20 bits per heavy atom. The fourth-order valence-corrected chi connectivity index (χ4v) is 10.2. The molecule has 50 heavy (non-hydrogen) atoms. The Balaban J connectivity index is 1.38. The van der Waals surface area contributed by atoms with Gasteiger partial charge in [0, 0.05) is 29.3 Å². The fraction of sp³-hybridized carbons (Fsp3) is 0.106. The van der Waals surface area contributed by atoms with E-state index in [2.05, 4.69) is 182 Å². The van der Waals surface area contributed by atoms with E-state index in [0.29, 0.717) is 4.70 Å². The zero-order valence-electron chi connectivity index (χ0n) is 28.3. The Hall–Kier alpha value is -5.90. The maximum absolute atomic E-state index is 2.56. The van der Waals surface area contributed by atoms with E-state index in [1.54, 1.807) is 0 Å². The summed E-state index contributed by atoms with van der Waals surface area (Å²) >= 11 is 0. The highest BCUT2D eigenvalue weighted by molar-refractivity contribution is 6.15. The van der Waals surface area contributed by atoms with Gasteiger partial charge >= 0.3 is 0 Å². The number of nitrogens with zero attached hydrogens (tertiary/aromatic N) is 3. The SMILES string of the molecule is CC(C)(C)c1cc[n+]2c(c1)-c1cc(-c3ccccc3)cc3c1[N+]21c2c(ccc4ccc5ccc[n+]1c5c24)C31c2ccccc2-c2ccccc21. The molecule has 0 bridgehead atoms. The second kappa shape index (κ2) is 8.63. The number of quaternary nitrogens is 1. The Bertz CT molecular complexity index is 2810. The molecule has 1 atom stereocenters. The van der Waals surface area contributed by atoms with Crippen molar-refractivity contribution in [3.05, 3.63) is 180 Å². The van der Waals surface area contributed by atoms with Gasteiger partial charge in [0.2, 0.25) is 12.4 Å². The molecule has 5 heterocycles. The summed E-state index contributed by atoms with van der Waals surface area (Å²) in [6.45, 7) is 6.97. The molecule has 0 amide bonds. The second-order valence-corrected chi connectivity index (χ2v) is 15.5. The van der Waals surface area contributed by atoms with Crippen LogP contribution in [0.25, 0.3) is 55.2 Å². The number of aromatic nitrogens is 2. The van der Waals surface area contributed by atoms with Gasteiger partial charge in [-0.3, -0.25) is 0 Å². The summed E-state index contributed by atoms with van der Waals surface area (Å²) in [6.07, 6.45) is 4.69. The molecule has 0 saturated heterocycles. The van der Waals surface area contributed by atoms with Crippen molar-refractivity contribution in [1.82, 2.24) is 4.70 Å². The highest BCUT2D eigenvalue weighted by Gasteiger charge is 2.75. The van der Waals surface area contributed by atoms with Crippen LogP contribution in [0.3, 0.4) is 0 Å². The molecule has 3 heteroatoms. The average Bonchev–Trinajstić information content (AvgIpc) is 3.75. The average molecular weight is 641 g/mol. The zero-order valence-corrected chi connectivity index (χ0v) is 28.3. The quantitative estimate of drug-likeness (QED) is 0.0959. The molecule has 1 aliphatic carbocycles. The molecule has 0 saturated carbocycles. The highest BCUT2D eigenvalue weighted by Crippen LogP contribution is 2.68. The van der Waals surface area contributed by atoms with E-state index in [4.69, 9.17) is 0 Å². The smallest absolute Gasteiger partial charge is 0.0622 e. The fourth-order valence-electron chi connectivity index (χ4n) is 10.2. The molecule has 6 aromatic carbocycles. The number of fused-ring (bicyclic) bond motifs is 9. The van der Waals surface area contributed by atoms with Crippen molar-refractivity contribution >= 4 is 33.1 Å². The largest absolute Gasteiger partial charge is 0.294 e. The first-order valence-corrected chi connectivity index (χ1v) is 17.8. The molecular weight excluding hydrogens is 607 g/mol. The number of pyridine rings is 2. The highest BCUT2D eigenvalue weighted by atomic mass is 15.9. The van der Waals surface area contributed by atoms with Crippen LogP contribution in [0, 0.1) is 0 Å². The van der Waals surface area contributed by atoms with E-state index in [9.17, 15) is 0 Å². The maximum atomic E-state index is 2.56. The zero-order chi connectivity index (χ0) is 33.1. The normalized spacial score (nSPS) is 17.7. The number of benzene rings is 6. The lowest BCUT2D eigenvalue weighted by Crippen LogP contribution is -2.82. The second-order valence-electron chi connectivity index (χ2n) is 15.5. The predicted octanol–water partition coefficient (Wildman–Crippen LogP) is 10.1. The van der Waals surface area contributed by atoms with E-state index in [1.807, 2.05) is 0 Å². The van der Waals surface area contributed by atoms with Crippen molar-refractivity contribution in [2.45, 2.75) is 31.6 Å². The van der Waals surface area contributed by atoms with Gasteiger partial charge < -0.3 is 0 Å². The lowest BCUT2D eigenvalue weighted by Gasteiger charge is -2.39. The summed E-state index contributed by atoms with van der Waals surface area (Å²) in [5, 5.41) is 3.90. The van der Waals surface area contributed by atoms with Crippen molar-refractivity contribution in [3.63, 3.8) is 0 Å². The molecule has 0 radical (unpaired) electrons. The first kappa shape index (κ1) is 27.0. The number of hydrogen-bond donors (Lipinski definition) is 0. The van der Waals surface area contributed by atoms with Crippen molar-refractivity contribution in [3.8, 4) is 33.5 Å². The molecule has 3 nitrogen and oxygen atoms in total. The van der Waals surface area contributed by atoms with Crippen LogP contribution in [0.2, 0.25) is 0 Å². The van der Waals surface area contributed by atoms with Crippen LogP contribution in [0.15, 0.2) is 152 Å². The molecule has 0 N–H and O–H groups in total. The number of rotatable bonds is 1. The van der Waals surface area contributed by atoms with Crippen LogP contribution >= 0.6 is 0 Å². The van der Waals surface area contributed by atoms with Gasteiger partial charge in [0.25, 0.3) is 22.6 Å². The minimum atomic E-state index is -0.506. The van der Waals surface area contributed by atoms with E-state index >= 15 is 0 Å². The Labute approximate surface area is 291 Å². The van der Waals surface area contributed by atoms with Gasteiger partial charge in [0.1, 0.15) is 10.9 Å². The molecule has 0 fully saturated rings. The van der Waals surface area contributed by atoms with Crippen LogP contribution in [0.1, 0.15) is 48.6 Å². The minimum absolute atomic E-state index is 0.0000811. The van der Waals surface area contributed by atoms with E-state index in [-0.39, 0.29) is 5.41 Å². The molecule has 8 aromatic rings. The van der Waals surface area contributed by atoms with Gasteiger partial charge in [-0.2, -0.15) is 0 Å². The van der Waals surface area contributed by atoms with Crippen LogP contribution in [0.4, 0.5) is 11.4 Å². The summed E-state index contributed by atoms with van der Waals surface area (Å²) in [7, 11) is 0. The van der Waals surface area contributed by atoms with Crippen molar-refractivity contribution in [2.24, 2.45) is 0 Å². The molecule has 12 rings (SSSR count). The summed E-state index contributed by atoms with van der Waals surface area (Å²) in [4.78, 5) is 0. The maximum Gasteiger partial charge on any atom is 0.294 e. The van der Waals surface area contributed by atoms with E-state index < -0.39 is 5.41 Å². The van der Waals surface area contributed by atoms with Crippen molar-refractivity contribution < 1.29 is 9.35 Å². The third-order valence-corrected chi connectivity index (χ3v) is 12.2. The summed E-state index contributed by atoms with van der Waals surface area (Å²) in [6, 6.07) is 53.2. The molecule has 234 valence electrons. The molecule has 4 aliphatic rings. The topological polar surface area (TPSA) is 7.76 Å². The molecule has 2 spiro atoms. The van der Waals surface area contributed by atoms with Crippen LogP contribution < -0.4 is 14.1 Å². The van der Waals surface area contributed by atoms with E-state index in [0.717, 1.165) is 0 Å². The third-order valence-electron chi connectivity index (χ3n) is 12.2. The molecule has 2 aromatic heterocycles. The summed E-state index contributed by atoms with van der Waals surface area (Å²) < 4.78 is 5.61. The Kier molecular flexibility index (Phi) is 4.66. The predicted molar refractivity (Wildman–Crippen MR) is 201 cm³/mol. The third kappa shape index (κ3) is 2.81. The van der Waals surface area contributed by atoms with Gasteiger partial charge in [-0.05, 0) is 74.0 Å². The Morgan fingerprint density at radius 1 is 0.500 bits per heavy atom. The van der Waals surface area contributed by atoms with Gasteiger partial charge in [-0.15, -0.1) is 0 Å². The monoisotopic (exact) mass is 640 g/mol. The molecular formula is C47H34N3+3. The van der Waals surface area contributed by atoms with Crippen molar-refractivity contribution in [1.29, 1.82) is 0 Å². The van der Waals surface area contributed by atoms with E-state index in [1.165, 1.54) is 94.4 Å². The Morgan fingerprint density at radius 3 is 1.96 bits per heavy atom. The van der Waals surface area contributed by atoms with Crippen LogP contribution in [0.5, 0.6) is 0 Å². The summed E-state index contributed by atoms with van der Waals surface area (Å²) in [5.41, 5.74) is 18.0. The number of hydrogen-bond acceptors (Lipinski definition) is 0. The lowest BCUT2D eigenvalue weighted by atomic mass is 9.63. The van der Waals surface area contributed by atoms with Gasteiger partial charge in [0.15, 0.2) is 4.70 Å². The van der Waals surface area contributed by atoms with Gasteiger partial charge in [-0.1, -0.05) is 118 Å². The van der Waals surface area contributed by atoms with Crippen LogP contribution in [-0.4, -0.2) is 0 Å². The first-order chi connectivity index (χ1) is 24.4. The van der Waals surface area contributed by atoms with Gasteiger partial charge in [-0.25, -0.2) is 0 Å². The first-order valence-electron chi connectivity index (χ1n) is 17.8. The van der Waals surface area contributed by atoms with Crippen molar-refractivity contribution in [2.75, 3.05) is 0 Å². The van der Waals surface area contributed by atoms with Gasteiger partial charge in [0.05, 0.1) is 20.2 Å². The lowest BCUT2D eigenvalue weighted by molar-refractivity contribution is -1.02. The summed E-state index contributed by atoms with van der Waals surface area (Å²) in [5.74, 6) is 0. The van der Waals surface area contributed by atoms with Crippen LogP contribution in [-0.2, 0) is 10.8 Å². The molecule has 3 aliphatic heterocycles.